The summed E-state index contributed by atoms with van der Waals surface area (Å²) in [6.45, 7) is 5.91. The van der Waals surface area contributed by atoms with Crippen molar-refractivity contribution in [2.45, 2.75) is 56.2 Å². The number of piperidine rings is 1. The molecule has 0 spiro atoms. The maximum Gasteiger partial charge on any atom is 0.433 e. The van der Waals surface area contributed by atoms with Crippen LogP contribution in [0.3, 0.4) is 0 Å². The van der Waals surface area contributed by atoms with E-state index in [4.69, 9.17) is 4.42 Å². The number of piperazine rings is 1. The Hall–Kier alpha value is -2.76. The van der Waals surface area contributed by atoms with Gasteiger partial charge in [-0.1, -0.05) is 11.8 Å². The van der Waals surface area contributed by atoms with Gasteiger partial charge in [-0.05, 0) is 38.3 Å². The molecule has 2 aromatic heterocycles. The molecule has 0 saturated carbocycles. The van der Waals surface area contributed by atoms with Crippen molar-refractivity contribution in [1.82, 2.24) is 19.8 Å². The zero-order valence-corrected chi connectivity index (χ0v) is 20.5. The van der Waals surface area contributed by atoms with Gasteiger partial charge < -0.3 is 19.1 Å². The van der Waals surface area contributed by atoms with E-state index in [1.165, 1.54) is 6.92 Å². The van der Waals surface area contributed by atoms with Crippen LogP contribution in [0, 0.1) is 0 Å². The monoisotopic (exact) mass is 511 g/mol. The Bertz CT molecular complexity index is 1070. The molecule has 190 valence electrons. The van der Waals surface area contributed by atoms with Gasteiger partial charge in [0.15, 0.2) is 16.6 Å². The minimum Gasteiger partial charge on any atom is -0.455 e. The number of aromatic nitrogens is 2. The van der Waals surface area contributed by atoms with Crippen LogP contribution in [0.15, 0.2) is 27.8 Å². The summed E-state index contributed by atoms with van der Waals surface area (Å²) in [6, 6.07) is 4.31. The van der Waals surface area contributed by atoms with Crippen LogP contribution in [-0.2, 0) is 16.7 Å². The molecule has 1 unspecified atom stereocenters. The molecule has 0 radical (unpaired) electrons. The summed E-state index contributed by atoms with van der Waals surface area (Å²) in [6.07, 6.45) is -1.73. The number of hydrogen-bond donors (Lipinski definition) is 0. The number of alkyl halides is 3. The highest BCUT2D eigenvalue weighted by molar-refractivity contribution is 7.98. The molecular weight excluding hydrogens is 483 g/mol. The summed E-state index contributed by atoms with van der Waals surface area (Å²) in [5.41, 5.74) is -0.970. The van der Waals surface area contributed by atoms with Gasteiger partial charge in [-0.2, -0.15) is 13.2 Å². The van der Waals surface area contributed by atoms with Gasteiger partial charge in [0.2, 0.25) is 5.91 Å². The van der Waals surface area contributed by atoms with Gasteiger partial charge in [-0.3, -0.25) is 9.59 Å². The number of carbonyl (C=O) groups is 2. The molecule has 0 aromatic carbocycles. The largest absolute Gasteiger partial charge is 0.455 e. The molecule has 2 aliphatic rings. The van der Waals surface area contributed by atoms with Crippen LogP contribution in [0.1, 0.15) is 55.1 Å². The van der Waals surface area contributed by atoms with Gasteiger partial charge in [0.1, 0.15) is 11.6 Å². The summed E-state index contributed by atoms with van der Waals surface area (Å²) >= 11 is 1.04. The second-order valence-corrected chi connectivity index (χ2v) is 9.73. The lowest BCUT2D eigenvalue weighted by Crippen LogP contribution is -2.50. The van der Waals surface area contributed by atoms with Crippen molar-refractivity contribution in [2.24, 2.45) is 0 Å². The molecule has 12 heteroatoms. The molecular formula is C23H28F3N5O3S. The molecule has 0 N–H and O–H groups in total. The number of hydrogen-bond acceptors (Lipinski definition) is 7. The minimum absolute atomic E-state index is 0.0113. The molecule has 8 nitrogen and oxygen atoms in total. The van der Waals surface area contributed by atoms with E-state index in [1.54, 1.807) is 21.9 Å². The summed E-state index contributed by atoms with van der Waals surface area (Å²) in [5, 5.41) is 0.0113. The number of rotatable bonds is 5. The topological polar surface area (TPSA) is 82.8 Å². The summed E-state index contributed by atoms with van der Waals surface area (Å²) in [4.78, 5) is 37.5. The molecule has 0 aliphatic carbocycles. The van der Waals surface area contributed by atoms with E-state index in [2.05, 4.69) is 9.97 Å². The second-order valence-electron chi connectivity index (χ2n) is 8.78. The van der Waals surface area contributed by atoms with Crippen molar-refractivity contribution >= 4 is 29.4 Å². The molecule has 2 aliphatic heterocycles. The first-order valence-electron chi connectivity index (χ1n) is 11.6. The fraction of sp³-hybridized carbons (Fsp3) is 0.565. The first-order chi connectivity index (χ1) is 16.6. The first kappa shape index (κ1) is 25.3. The zero-order valence-electron chi connectivity index (χ0n) is 19.7. The van der Waals surface area contributed by atoms with Crippen molar-refractivity contribution < 1.29 is 27.2 Å². The van der Waals surface area contributed by atoms with Gasteiger partial charge in [0.05, 0.1) is 5.75 Å². The predicted octanol–water partition coefficient (Wildman–Crippen LogP) is 4.06. The Balaban J connectivity index is 1.43. The SMILES string of the molecule is CC(=O)N1CCN(C(=O)c2ccc(CSc3nc(N4CCCCC4C)cc(C(F)(F)F)n3)o2)CC1. The highest BCUT2D eigenvalue weighted by Gasteiger charge is 2.35. The average molecular weight is 512 g/mol. The summed E-state index contributed by atoms with van der Waals surface area (Å²) in [7, 11) is 0. The maximum absolute atomic E-state index is 13.5. The van der Waals surface area contributed by atoms with Crippen molar-refractivity contribution in [3.8, 4) is 0 Å². The van der Waals surface area contributed by atoms with Crippen LogP contribution in [0.5, 0.6) is 0 Å². The summed E-state index contributed by atoms with van der Waals surface area (Å²) in [5.74, 6) is 0.758. The molecule has 4 heterocycles. The smallest absolute Gasteiger partial charge is 0.433 e. The third-order valence-electron chi connectivity index (χ3n) is 6.31. The Labute approximate surface area is 205 Å². The zero-order chi connectivity index (χ0) is 25.2. The van der Waals surface area contributed by atoms with Crippen LogP contribution in [0.4, 0.5) is 19.0 Å². The lowest BCUT2D eigenvalue weighted by molar-refractivity contribution is -0.141. The lowest BCUT2D eigenvalue weighted by Gasteiger charge is -2.34. The predicted molar refractivity (Wildman–Crippen MR) is 124 cm³/mol. The number of carbonyl (C=O) groups excluding carboxylic acids is 2. The fourth-order valence-electron chi connectivity index (χ4n) is 4.29. The van der Waals surface area contributed by atoms with E-state index in [9.17, 15) is 22.8 Å². The number of furan rings is 1. The minimum atomic E-state index is -4.58. The standard InChI is InChI=1S/C23H28F3N5O3S/c1-15-5-3-4-8-31(15)20-13-19(23(24,25)26)27-22(28-20)35-14-17-6-7-18(34-17)21(33)30-11-9-29(10-12-30)16(2)32/h6-7,13,15H,3-5,8-12,14H2,1-2H3. The molecule has 2 aromatic rings. The molecule has 2 amide bonds. The van der Waals surface area contributed by atoms with Gasteiger partial charge in [-0.15, -0.1) is 0 Å². The summed E-state index contributed by atoms with van der Waals surface area (Å²) < 4.78 is 46.2. The van der Waals surface area contributed by atoms with E-state index in [0.29, 0.717) is 38.5 Å². The number of thioether (sulfide) groups is 1. The second kappa shape index (κ2) is 10.5. The molecule has 0 bridgehead atoms. The van der Waals surface area contributed by atoms with Gasteiger partial charge in [0.25, 0.3) is 5.91 Å². The molecule has 1 atom stereocenters. The van der Waals surface area contributed by atoms with Gasteiger partial charge in [-0.25, -0.2) is 9.97 Å². The van der Waals surface area contributed by atoms with Crippen LogP contribution in [0.25, 0.3) is 0 Å². The number of halogens is 3. The first-order valence-corrected chi connectivity index (χ1v) is 12.6. The van der Waals surface area contributed by atoms with E-state index in [1.807, 2.05) is 11.8 Å². The van der Waals surface area contributed by atoms with Gasteiger partial charge in [0, 0.05) is 51.8 Å². The van der Waals surface area contributed by atoms with E-state index < -0.39 is 11.9 Å². The average Bonchev–Trinajstić information content (AvgIpc) is 3.31. The third-order valence-corrected chi connectivity index (χ3v) is 7.18. The Morgan fingerprint density at radius 1 is 1.09 bits per heavy atom. The molecule has 4 rings (SSSR count). The normalized spacial score (nSPS) is 19.2. The highest BCUT2D eigenvalue weighted by atomic mass is 32.2. The van der Waals surface area contributed by atoms with Crippen LogP contribution in [-0.4, -0.2) is 70.3 Å². The fourth-order valence-corrected chi connectivity index (χ4v) is 5.04. The van der Waals surface area contributed by atoms with E-state index in [0.717, 1.165) is 37.1 Å². The third kappa shape index (κ3) is 6.09. The van der Waals surface area contributed by atoms with Crippen LogP contribution >= 0.6 is 11.8 Å². The Morgan fingerprint density at radius 3 is 2.46 bits per heavy atom. The Morgan fingerprint density at radius 2 is 1.80 bits per heavy atom. The van der Waals surface area contributed by atoms with E-state index in [-0.39, 0.29) is 40.3 Å². The van der Waals surface area contributed by atoms with Crippen molar-refractivity contribution in [3.05, 3.63) is 35.4 Å². The van der Waals surface area contributed by atoms with Gasteiger partial charge >= 0.3 is 6.18 Å². The quantitative estimate of drug-likeness (QED) is 0.442. The van der Waals surface area contributed by atoms with Crippen molar-refractivity contribution in [1.29, 1.82) is 0 Å². The lowest BCUT2D eigenvalue weighted by atomic mass is 10.0. The van der Waals surface area contributed by atoms with Crippen molar-refractivity contribution in [2.75, 3.05) is 37.6 Å². The number of amides is 2. The number of nitrogens with zero attached hydrogens (tertiary/aromatic N) is 5. The van der Waals surface area contributed by atoms with Crippen molar-refractivity contribution in [3.63, 3.8) is 0 Å². The van der Waals surface area contributed by atoms with E-state index >= 15 is 0 Å². The molecule has 2 saturated heterocycles. The number of anilines is 1. The molecule has 35 heavy (non-hydrogen) atoms. The molecule has 2 fully saturated rings. The van der Waals surface area contributed by atoms with Crippen LogP contribution < -0.4 is 4.90 Å². The maximum atomic E-state index is 13.5. The highest BCUT2D eigenvalue weighted by Crippen LogP contribution is 2.34. The van der Waals surface area contributed by atoms with Crippen LogP contribution in [0.2, 0.25) is 0 Å². The Kier molecular flexibility index (Phi) is 7.58.